The maximum absolute atomic E-state index is 12.9. The van der Waals surface area contributed by atoms with E-state index in [9.17, 15) is 9.90 Å². The predicted octanol–water partition coefficient (Wildman–Crippen LogP) is 2.40. The van der Waals surface area contributed by atoms with Gasteiger partial charge in [0.15, 0.2) is 23.3 Å². The Kier molecular flexibility index (Phi) is 3.94. The third kappa shape index (κ3) is 2.21. The fourth-order valence-corrected chi connectivity index (χ4v) is 6.75. The number of methoxy groups -OCH3 is 2. The second kappa shape index (κ2) is 6.41. The number of epoxide rings is 1. The van der Waals surface area contributed by atoms with E-state index in [-0.39, 0.29) is 18.1 Å². The van der Waals surface area contributed by atoms with Gasteiger partial charge in [-0.1, -0.05) is 0 Å². The standard InChI is InChI=1S/C25H27NO8/c1-11-7-13-17(18(28)16-12(19(13)29-2)5-4-6-14(16)27)20-15(11)21-22-25(30-3,33-20)23(10-31-23)8-24(9-26,32-21)34-22/h7,21-22,28H,4-6,8-10,26H2,1-3H3/t21?,22?,23-,24?,25+/m0/s1. The quantitative estimate of drug-likeness (QED) is 0.653. The number of fused-ring (bicyclic) bond motifs is 7. The number of carbonyl (C=O) groups is 1. The van der Waals surface area contributed by atoms with E-state index in [1.54, 1.807) is 14.2 Å². The molecule has 3 N–H and O–H groups in total. The van der Waals surface area contributed by atoms with Gasteiger partial charge in [0.1, 0.15) is 23.4 Å². The monoisotopic (exact) mass is 469 g/mol. The van der Waals surface area contributed by atoms with Crippen molar-refractivity contribution in [2.75, 3.05) is 27.4 Å². The van der Waals surface area contributed by atoms with Gasteiger partial charge in [-0.25, -0.2) is 0 Å². The molecular formula is C25H27NO8. The molecule has 0 radical (unpaired) electrons. The second-order valence-corrected chi connectivity index (χ2v) is 10.00. The van der Waals surface area contributed by atoms with Gasteiger partial charge in [-0.15, -0.1) is 0 Å². The molecule has 4 aliphatic heterocycles. The van der Waals surface area contributed by atoms with Crippen LogP contribution in [0.4, 0.5) is 0 Å². The number of aromatic hydroxyl groups is 1. The van der Waals surface area contributed by atoms with Gasteiger partial charge in [0.25, 0.3) is 5.79 Å². The van der Waals surface area contributed by atoms with Crippen molar-refractivity contribution < 1.29 is 38.3 Å². The minimum atomic E-state index is -1.29. The Balaban J connectivity index is 1.58. The minimum absolute atomic E-state index is 0.0933. The average molecular weight is 469 g/mol. The number of carbonyl (C=O) groups excluding carboxylic acids is 1. The first-order valence-corrected chi connectivity index (χ1v) is 11.7. The van der Waals surface area contributed by atoms with Crippen molar-refractivity contribution in [1.82, 2.24) is 0 Å². The number of hydrogen-bond donors (Lipinski definition) is 2. The smallest absolute Gasteiger partial charge is 0.271 e. The highest BCUT2D eigenvalue weighted by molar-refractivity contribution is 6.11. The molecule has 180 valence electrons. The van der Waals surface area contributed by atoms with Crippen molar-refractivity contribution in [2.24, 2.45) is 5.73 Å². The SMILES string of the molecule is COc1c2c(c(O)c3c4c(c(C)cc13)C1OC3(CN)C[C@]5(CO5)[C@](OC)(O4)C1O3)C(=O)CCC2. The van der Waals surface area contributed by atoms with Crippen LogP contribution in [0.15, 0.2) is 6.07 Å². The maximum atomic E-state index is 12.9. The Hall–Kier alpha value is -2.43. The van der Waals surface area contributed by atoms with Crippen molar-refractivity contribution in [3.63, 3.8) is 0 Å². The van der Waals surface area contributed by atoms with E-state index >= 15 is 0 Å². The summed E-state index contributed by atoms with van der Waals surface area (Å²) in [4.78, 5) is 12.9. The summed E-state index contributed by atoms with van der Waals surface area (Å²) in [6.45, 7) is 2.54. The summed E-state index contributed by atoms with van der Waals surface area (Å²) >= 11 is 0. The molecule has 2 aromatic rings. The summed E-state index contributed by atoms with van der Waals surface area (Å²) < 4.78 is 37.4. The van der Waals surface area contributed by atoms with Gasteiger partial charge in [0, 0.05) is 43.0 Å². The van der Waals surface area contributed by atoms with Crippen LogP contribution < -0.4 is 15.2 Å². The number of benzene rings is 2. The number of aryl methyl sites for hydroxylation is 1. The first kappa shape index (κ1) is 20.9. The Bertz CT molecular complexity index is 1290. The third-order valence-corrected chi connectivity index (χ3v) is 8.30. The van der Waals surface area contributed by atoms with Gasteiger partial charge in [-0.3, -0.25) is 4.79 Å². The zero-order valence-electron chi connectivity index (χ0n) is 19.4. The molecule has 4 heterocycles. The van der Waals surface area contributed by atoms with E-state index in [1.807, 2.05) is 13.0 Å². The molecule has 3 unspecified atom stereocenters. The first-order chi connectivity index (χ1) is 16.3. The number of Topliss-reactive ketones (excluding diaryl/α,β-unsaturated/α-hetero) is 1. The lowest BCUT2D eigenvalue weighted by Crippen LogP contribution is -2.68. The first-order valence-electron chi connectivity index (χ1n) is 11.7. The largest absolute Gasteiger partial charge is 0.506 e. The lowest BCUT2D eigenvalue weighted by Gasteiger charge is -2.49. The molecule has 0 amide bonds. The number of ether oxygens (including phenoxy) is 6. The molecule has 5 atom stereocenters. The van der Waals surface area contributed by atoms with Crippen LogP contribution >= 0.6 is 0 Å². The molecule has 9 heteroatoms. The molecule has 0 saturated carbocycles. The molecule has 1 aliphatic carbocycles. The van der Waals surface area contributed by atoms with Gasteiger partial charge in [-0.2, -0.15) is 0 Å². The lowest BCUT2D eigenvalue weighted by atomic mass is 9.78. The van der Waals surface area contributed by atoms with Crippen molar-refractivity contribution in [3.05, 3.63) is 28.3 Å². The zero-order chi connectivity index (χ0) is 23.6. The molecule has 5 aliphatic rings. The van der Waals surface area contributed by atoms with Crippen LogP contribution in [0.1, 0.15) is 52.4 Å². The summed E-state index contributed by atoms with van der Waals surface area (Å²) in [7, 11) is 3.15. The fraction of sp³-hybridized carbons (Fsp3) is 0.560. The molecule has 2 bridgehead atoms. The number of rotatable bonds is 3. The highest BCUT2D eigenvalue weighted by atomic mass is 16.8. The van der Waals surface area contributed by atoms with E-state index in [1.165, 1.54) is 0 Å². The van der Waals surface area contributed by atoms with Gasteiger partial charge < -0.3 is 39.3 Å². The molecular weight excluding hydrogens is 442 g/mol. The molecule has 1 spiro atoms. The number of ketones is 1. The number of phenols is 1. The van der Waals surface area contributed by atoms with E-state index < -0.39 is 29.4 Å². The van der Waals surface area contributed by atoms with Gasteiger partial charge in [-0.05, 0) is 31.4 Å². The lowest BCUT2D eigenvalue weighted by molar-refractivity contribution is -0.323. The van der Waals surface area contributed by atoms with E-state index in [0.717, 1.165) is 23.1 Å². The van der Waals surface area contributed by atoms with Crippen LogP contribution in [0.3, 0.4) is 0 Å². The summed E-state index contributed by atoms with van der Waals surface area (Å²) in [6, 6.07) is 1.96. The Morgan fingerprint density at radius 1 is 1.26 bits per heavy atom. The Morgan fingerprint density at radius 3 is 2.74 bits per heavy atom. The zero-order valence-corrected chi connectivity index (χ0v) is 19.4. The fourth-order valence-electron chi connectivity index (χ4n) is 6.75. The molecule has 3 saturated heterocycles. The van der Waals surface area contributed by atoms with Crippen LogP contribution in [-0.4, -0.2) is 61.5 Å². The maximum Gasteiger partial charge on any atom is 0.271 e. The second-order valence-electron chi connectivity index (χ2n) is 10.00. The number of nitrogens with two attached hydrogens (primary N) is 1. The van der Waals surface area contributed by atoms with Crippen LogP contribution in [0.5, 0.6) is 17.2 Å². The van der Waals surface area contributed by atoms with Crippen molar-refractivity contribution >= 4 is 16.6 Å². The summed E-state index contributed by atoms with van der Waals surface area (Å²) in [5.41, 5.74) is 8.02. The van der Waals surface area contributed by atoms with Crippen LogP contribution in [-0.2, 0) is 25.4 Å². The molecule has 0 aromatic heterocycles. The average Bonchev–Trinajstić information content (AvgIpc) is 3.50. The number of hydrogen-bond acceptors (Lipinski definition) is 9. The normalized spacial score (nSPS) is 36.9. The summed E-state index contributed by atoms with van der Waals surface area (Å²) in [5, 5.41) is 12.6. The van der Waals surface area contributed by atoms with E-state index in [0.29, 0.717) is 53.7 Å². The molecule has 34 heavy (non-hydrogen) atoms. The van der Waals surface area contributed by atoms with E-state index in [2.05, 4.69) is 0 Å². The summed E-state index contributed by atoms with van der Waals surface area (Å²) in [6.07, 6.45) is 0.970. The van der Waals surface area contributed by atoms with Crippen LogP contribution in [0.2, 0.25) is 0 Å². The van der Waals surface area contributed by atoms with Crippen LogP contribution in [0.25, 0.3) is 10.8 Å². The number of phenolic OH excluding ortho intramolecular Hbond substituents is 1. The molecule has 9 nitrogen and oxygen atoms in total. The Labute approximate surface area is 196 Å². The van der Waals surface area contributed by atoms with Crippen molar-refractivity contribution in [1.29, 1.82) is 0 Å². The van der Waals surface area contributed by atoms with Gasteiger partial charge >= 0.3 is 0 Å². The molecule has 2 aromatic carbocycles. The predicted molar refractivity (Wildman–Crippen MR) is 118 cm³/mol. The Morgan fingerprint density at radius 2 is 2.06 bits per heavy atom. The molecule has 3 fully saturated rings. The van der Waals surface area contributed by atoms with Gasteiger partial charge in [0.05, 0.1) is 24.7 Å². The van der Waals surface area contributed by atoms with Crippen molar-refractivity contribution in [3.8, 4) is 17.2 Å². The third-order valence-electron chi connectivity index (χ3n) is 8.30. The van der Waals surface area contributed by atoms with Crippen molar-refractivity contribution in [2.45, 2.75) is 62.0 Å². The molecule has 7 rings (SSSR count). The van der Waals surface area contributed by atoms with Crippen LogP contribution in [0, 0.1) is 6.92 Å². The van der Waals surface area contributed by atoms with E-state index in [4.69, 9.17) is 34.2 Å². The minimum Gasteiger partial charge on any atom is -0.506 e. The topological polar surface area (TPSA) is 122 Å². The highest BCUT2D eigenvalue weighted by Crippen LogP contribution is 2.66. The highest BCUT2D eigenvalue weighted by Gasteiger charge is 2.81. The summed E-state index contributed by atoms with van der Waals surface area (Å²) in [5.74, 6) is -1.50. The van der Waals surface area contributed by atoms with Gasteiger partial charge in [0.2, 0.25) is 0 Å².